The maximum atomic E-state index is 11.1. The Bertz CT molecular complexity index is 983. The molecule has 1 saturated carbocycles. The van der Waals surface area contributed by atoms with Gasteiger partial charge >= 0.3 is 7.82 Å². The van der Waals surface area contributed by atoms with Crippen molar-refractivity contribution in [3.05, 3.63) is 52.5 Å². The molecule has 2 aromatic carbocycles. The number of phosphoric acid groups is 1. The molecule has 0 heterocycles. The first-order valence-electron chi connectivity index (χ1n) is 10.5. The average Bonchev–Trinajstić information content (AvgIpc) is 3.57. The largest absolute Gasteiger partial charge is 0.507 e. The fourth-order valence-corrected chi connectivity index (χ4v) is 5.20. The highest BCUT2D eigenvalue weighted by Gasteiger charge is 2.29. The molecular weight excluding hydrogens is 473 g/mol. The number of benzene rings is 2. The predicted octanol–water partition coefficient (Wildman–Crippen LogP) is 4.59. The van der Waals surface area contributed by atoms with Crippen LogP contribution in [-0.4, -0.2) is 38.8 Å². The van der Waals surface area contributed by atoms with Crippen molar-refractivity contribution in [2.75, 3.05) is 13.2 Å². The Morgan fingerprint density at radius 3 is 2.56 bits per heavy atom. The van der Waals surface area contributed by atoms with E-state index in [2.05, 4.69) is 4.52 Å². The molecule has 1 fully saturated rings. The second-order valence-corrected chi connectivity index (χ2v) is 11.1. The molecule has 6 N–H and O–H groups in total. The van der Waals surface area contributed by atoms with Crippen LogP contribution in [0.1, 0.15) is 49.1 Å². The van der Waals surface area contributed by atoms with Crippen molar-refractivity contribution < 1.29 is 29.1 Å². The summed E-state index contributed by atoms with van der Waals surface area (Å²) in [6.45, 7) is -0.393. The van der Waals surface area contributed by atoms with Crippen molar-refractivity contribution >= 4 is 31.2 Å². The lowest BCUT2D eigenvalue weighted by Gasteiger charge is -2.29. The molecule has 0 saturated heterocycles. The number of nitrogens with two attached hydrogens (primary N) is 1. The molecule has 0 aliphatic heterocycles. The number of hydrogen-bond acceptors (Lipinski definition) is 6. The summed E-state index contributed by atoms with van der Waals surface area (Å²) in [7, 11) is -4.64. The van der Waals surface area contributed by atoms with Crippen LogP contribution in [0.3, 0.4) is 0 Å². The van der Waals surface area contributed by atoms with E-state index in [4.69, 9.17) is 32.2 Å². The maximum absolute atomic E-state index is 11.1. The first-order valence-corrected chi connectivity index (χ1v) is 13.2. The molecule has 3 rings (SSSR count). The number of phosphoric ester groups is 1. The molecule has 0 radical (unpaired) electrons. The Morgan fingerprint density at radius 1 is 1.19 bits per heavy atom. The first-order chi connectivity index (χ1) is 15.1. The van der Waals surface area contributed by atoms with Crippen molar-refractivity contribution in [3.63, 3.8) is 0 Å². The molecule has 176 valence electrons. The van der Waals surface area contributed by atoms with Crippen LogP contribution in [0, 0.1) is 0 Å². The smallest absolute Gasteiger partial charge is 0.469 e. The number of hydrogen-bond donors (Lipinski definition) is 5. The minimum atomic E-state index is -4.64. The molecular formula is C22H29ClNO6PS. The molecule has 32 heavy (non-hydrogen) atoms. The van der Waals surface area contributed by atoms with Gasteiger partial charge in [0, 0.05) is 22.1 Å². The number of aromatic hydroxyl groups is 1. The Kier molecular flexibility index (Phi) is 8.69. The number of aliphatic hydroxyl groups excluding tert-OH is 1. The summed E-state index contributed by atoms with van der Waals surface area (Å²) in [5.41, 5.74) is 7.42. The molecule has 1 aliphatic carbocycles. The van der Waals surface area contributed by atoms with Gasteiger partial charge in [-0.25, -0.2) is 4.57 Å². The third kappa shape index (κ3) is 7.75. The van der Waals surface area contributed by atoms with E-state index >= 15 is 0 Å². The van der Waals surface area contributed by atoms with Crippen LogP contribution in [-0.2, 0) is 15.5 Å². The minimum Gasteiger partial charge on any atom is -0.507 e. The molecule has 1 atom stereocenters. The minimum absolute atomic E-state index is 0.0731. The number of phenols is 1. The summed E-state index contributed by atoms with van der Waals surface area (Å²) >= 11 is 7.95. The van der Waals surface area contributed by atoms with Gasteiger partial charge < -0.3 is 25.7 Å². The highest BCUT2D eigenvalue weighted by molar-refractivity contribution is 7.99. The van der Waals surface area contributed by atoms with Gasteiger partial charge in [0.05, 0.1) is 11.5 Å². The number of aliphatic hydroxyl groups is 1. The predicted molar refractivity (Wildman–Crippen MR) is 125 cm³/mol. The van der Waals surface area contributed by atoms with Crippen molar-refractivity contribution in [1.82, 2.24) is 0 Å². The topological polar surface area (TPSA) is 133 Å². The van der Waals surface area contributed by atoms with Crippen molar-refractivity contribution in [2.45, 2.75) is 59.8 Å². The van der Waals surface area contributed by atoms with E-state index in [1.54, 1.807) is 6.07 Å². The fraction of sp³-hybridized carbons (Fsp3) is 0.455. The summed E-state index contributed by atoms with van der Waals surface area (Å²) in [5.74, 6) is 0.833. The van der Waals surface area contributed by atoms with Gasteiger partial charge in [-0.3, -0.25) is 4.52 Å². The van der Waals surface area contributed by atoms with Crippen LogP contribution in [0.15, 0.2) is 46.2 Å². The second kappa shape index (κ2) is 10.9. The van der Waals surface area contributed by atoms with Crippen molar-refractivity contribution in [2.24, 2.45) is 5.73 Å². The molecule has 0 unspecified atom stereocenters. The first kappa shape index (κ1) is 25.5. The average molecular weight is 502 g/mol. The van der Waals surface area contributed by atoms with E-state index in [0.717, 1.165) is 15.4 Å². The monoisotopic (exact) mass is 501 g/mol. The number of halogens is 1. The third-order valence-electron chi connectivity index (χ3n) is 5.53. The van der Waals surface area contributed by atoms with Gasteiger partial charge in [0.25, 0.3) is 0 Å². The van der Waals surface area contributed by atoms with Crippen LogP contribution < -0.4 is 5.73 Å². The van der Waals surface area contributed by atoms with Gasteiger partial charge in [-0.05, 0) is 79.8 Å². The van der Waals surface area contributed by atoms with E-state index in [1.807, 2.05) is 30.3 Å². The molecule has 0 spiro atoms. The lowest BCUT2D eigenvalue weighted by atomic mass is 9.88. The molecule has 1 aliphatic rings. The normalized spacial score (nSPS) is 16.2. The summed E-state index contributed by atoms with van der Waals surface area (Å²) in [4.78, 5) is 19.7. The molecule has 7 nitrogen and oxygen atoms in total. The van der Waals surface area contributed by atoms with E-state index in [9.17, 15) is 9.67 Å². The third-order valence-corrected chi connectivity index (χ3v) is 7.38. The zero-order chi connectivity index (χ0) is 23.4. The molecule has 10 heteroatoms. The van der Waals surface area contributed by atoms with Gasteiger partial charge in [0.15, 0.2) is 0 Å². The highest BCUT2D eigenvalue weighted by Crippen LogP contribution is 2.44. The summed E-state index contributed by atoms with van der Waals surface area (Å²) in [6, 6.07) is 11.4. The number of phenolic OH excluding ortho intramolecular Hbond substituents is 1. The Hall–Kier alpha value is -1.09. The quantitative estimate of drug-likeness (QED) is 0.267. The van der Waals surface area contributed by atoms with Gasteiger partial charge in [0.1, 0.15) is 5.75 Å². The van der Waals surface area contributed by atoms with Crippen LogP contribution in [0.4, 0.5) is 0 Å². The van der Waals surface area contributed by atoms with Crippen LogP contribution >= 0.6 is 31.2 Å². The SMILES string of the molecule is N[C@@](CCCO)(CCc1ccc(Sc2cc(C3CC3)ccc2O)cc1Cl)COP(=O)(O)O. The van der Waals surface area contributed by atoms with Crippen molar-refractivity contribution in [1.29, 1.82) is 0 Å². The molecule has 0 aromatic heterocycles. The fourth-order valence-electron chi connectivity index (χ4n) is 3.50. The van der Waals surface area contributed by atoms with Crippen LogP contribution in [0.5, 0.6) is 5.75 Å². The summed E-state index contributed by atoms with van der Waals surface area (Å²) in [6.07, 6.45) is 3.99. The van der Waals surface area contributed by atoms with Gasteiger partial charge in [0.2, 0.25) is 0 Å². The van der Waals surface area contributed by atoms with Crippen molar-refractivity contribution in [3.8, 4) is 5.75 Å². The van der Waals surface area contributed by atoms with E-state index in [-0.39, 0.29) is 19.0 Å². The van der Waals surface area contributed by atoms with Crippen LogP contribution in [0.25, 0.3) is 0 Å². The molecule has 2 aromatic rings. The molecule has 0 amide bonds. The summed E-state index contributed by atoms with van der Waals surface area (Å²) < 4.78 is 15.7. The second-order valence-electron chi connectivity index (χ2n) is 8.31. The molecule has 0 bridgehead atoms. The van der Waals surface area contributed by atoms with Crippen LogP contribution in [0.2, 0.25) is 5.02 Å². The number of rotatable bonds is 12. The van der Waals surface area contributed by atoms with E-state index in [0.29, 0.717) is 36.6 Å². The van der Waals surface area contributed by atoms with E-state index < -0.39 is 13.4 Å². The lowest BCUT2D eigenvalue weighted by molar-refractivity contribution is 0.136. The van der Waals surface area contributed by atoms with Gasteiger partial charge in [-0.15, -0.1) is 0 Å². The van der Waals surface area contributed by atoms with E-state index in [1.165, 1.54) is 30.2 Å². The Labute approximate surface area is 197 Å². The Balaban J connectivity index is 1.66. The maximum Gasteiger partial charge on any atom is 0.469 e. The van der Waals surface area contributed by atoms with Gasteiger partial charge in [-0.2, -0.15) is 0 Å². The number of aryl methyl sites for hydroxylation is 1. The lowest BCUT2D eigenvalue weighted by Crippen LogP contribution is -2.45. The summed E-state index contributed by atoms with van der Waals surface area (Å²) in [5, 5.41) is 19.9. The zero-order valence-electron chi connectivity index (χ0n) is 17.6. The highest BCUT2D eigenvalue weighted by atomic mass is 35.5. The zero-order valence-corrected chi connectivity index (χ0v) is 20.1. The standard InChI is InChI=1S/C22H29ClNO6PS/c23-19-13-18(32-21-12-17(15-2-3-15)5-7-20(21)26)6-4-16(19)8-10-22(24,9-1-11-25)14-30-31(27,28)29/h4-7,12-13,15,25-26H,1-3,8-11,14,24H2,(H2,27,28,29)/t22-/m0/s1. The Morgan fingerprint density at radius 2 is 1.94 bits per heavy atom. The van der Waals surface area contributed by atoms with Gasteiger partial charge in [-0.1, -0.05) is 35.5 Å².